The molecule has 0 aliphatic heterocycles. The molecule has 1 aliphatic carbocycles. The van der Waals surface area contributed by atoms with Gasteiger partial charge in [-0.25, -0.2) is 0 Å². The Morgan fingerprint density at radius 1 is 1.55 bits per heavy atom. The highest BCUT2D eigenvalue weighted by atomic mass is 16.5. The number of anilines is 1. The van der Waals surface area contributed by atoms with Gasteiger partial charge in [0.2, 0.25) is 5.91 Å². The van der Waals surface area contributed by atoms with E-state index in [0.29, 0.717) is 17.7 Å². The van der Waals surface area contributed by atoms with Crippen molar-refractivity contribution < 1.29 is 14.7 Å². The Balaban J connectivity index is 2.01. The van der Waals surface area contributed by atoms with Crippen LogP contribution in [0.5, 0.6) is 0 Å². The number of nitrogens with two attached hydrogens (primary N) is 1. The number of nitrogens with one attached hydrogen (secondary N) is 1. The maximum absolute atomic E-state index is 12.0. The molecule has 1 fully saturated rings. The van der Waals surface area contributed by atoms with Gasteiger partial charge in [0.15, 0.2) is 5.84 Å². The van der Waals surface area contributed by atoms with Gasteiger partial charge in [-0.05, 0) is 31.4 Å². The zero-order chi connectivity index (χ0) is 14.6. The number of benzene rings is 1. The van der Waals surface area contributed by atoms with Gasteiger partial charge in [0.1, 0.15) is 0 Å². The summed E-state index contributed by atoms with van der Waals surface area (Å²) in [6.45, 7) is 0. The topological polar surface area (TPSA) is 96.9 Å². The van der Waals surface area contributed by atoms with Crippen molar-refractivity contribution in [3.63, 3.8) is 0 Å². The van der Waals surface area contributed by atoms with Crippen LogP contribution in [0.3, 0.4) is 0 Å². The summed E-state index contributed by atoms with van der Waals surface area (Å²) < 4.78 is 5.43. The van der Waals surface area contributed by atoms with Gasteiger partial charge in [-0.3, -0.25) is 4.79 Å². The lowest BCUT2D eigenvalue weighted by atomic mass is 9.77. The monoisotopic (exact) mass is 277 g/mol. The van der Waals surface area contributed by atoms with Gasteiger partial charge in [-0.1, -0.05) is 17.3 Å². The summed E-state index contributed by atoms with van der Waals surface area (Å²) in [6.07, 6.45) is 3.28. The van der Waals surface area contributed by atoms with Crippen LogP contribution < -0.4 is 11.1 Å². The van der Waals surface area contributed by atoms with E-state index in [-0.39, 0.29) is 17.3 Å². The minimum Gasteiger partial charge on any atom is -0.409 e. The van der Waals surface area contributed by atoms with Crippen molar-refractivity contribution in [2.24, 2.45) is 10.9 Å². The average molecular weight is 277 g/mol. The molecule has 1 saturated carbocycles. The van der Waals surface area contributed by atoms with E-state index in [9.17, 15) is 4.79 Å². The highest BCUT2D eigenvalue weighted by Crippen LogP contribution is 2.38. The number of amides is 1. The summed E-state index contributed by atoms with van der Waals surface area (Å²) in [6, 6.07) is 6.85. The van der Waals surface area contributed by atoms with Gasteiger partial charge in [-0.2, -0.15) is 0 Å². The Morgan fingerprint density at radius 3 is 2.85 bits per heavy atom. The second kappa shape index (κ2) is 5.92. The number of rotatable bonds is 5. The number of methoxy groups -OCH3 is 1. The maximum atomic E-state index is 12.0. The second-order valence-corrected chi connectivity index (χ2v) is 5.03. The number of nitrogens with zero attached hydrogens (tertiary/aromatic N) is 1. The molecule has 1 aromatic carbocycles. The molecule has 0 spiro atoms. The SMILES string of the molecule is COC1(CC(=O)Nc2cccc(/C(N)=N/O)c2)CCC1. The molecule has 0 heterocycles. The van der Waals surface area contributed by atoms with Crippen LogP contribution in [0.25, 0.3) is 0 Å². The summed E-state index contributed by atoms with van der Waals surface area (Å²) >= 11 is 0. The first-order chi connectivity index (χ1) is 9.58. The summed E-state index contributed by atoms with van der Waals surface area (Å²) in [5.41, 5.74) is 6.38. The predicted octanol–water partition coefficient (Wildman–Crippen LogP) is 1.68. The van der Waals surface area contributed by atoms with Gasteiger partial charge in [0.25, 0.3) is 0 Å². The van der Waals surface area contributed by atoms with Crippen molar-refractivity contribution in [1.82, 2.24) is 0 Å². The molecule has 0 atom stereocenters. The molecule has 6 heteroatoms. The van der Waals surface area contributed by atoms with E-state index in [1.54, 1.807) is 31.4 Å². The van der Waals surface area contributed by atoms with E-state index in [2.05, 4.69) is 10.5 Å². The Kier molecular flexibility index (Phi) is 4.24. The zero-order valence-corrected chi connectivity index (χ0v) is 11.4. The Bertz CT molecular complexity index is 519. The molecule has 0 aromatic heterocycles. The zero-order valence-electron chi connectivity index (χ0n) is 11.4. The first-order valence-corrected chi connectivity index (χ1v) is 6.51. The molecule has 2 rings (SSSR count). The molecule has 1 aromatic rings. The summed E-state index contributed by atoms with van der Waals surface area (Å²) in [5.74, 6) is -0.0864. The van der Waals surface area contributed by atoms with Crippen LogP contribution in [-0.4, -0.2) is 29.7 Å². The lowest BCUT2D eigenvalue weighted by molar-refractivity contribution is -0.129. The number of hydrogen-bond acceptors (Lipinski definition) is 4. The molecule has 4 N–H and O–H groups in total. The van der Waals surface area contributed by atoms with Gasteiger partial charge < -0.3 is 21.0 Å². The molecule has 20 heavy (non-hydrogen) atoms. The fourth-order valence-electron chi connectivity index (χ4n) is 2.34. The minimum atomic E-state index is -0.298. The molecule has 108 valence electrons. The number of hydrogen-bond donors (Lipinski definition) is 3. The molecule has 1 aliphatic rings. The van der Waals surface area contributed by atoms with Gasteiger partial charge in [0, 0.05) is 18.4 Å². The Morgan fingerprint density at radius 2 is 2.30 bits per heavy atom. The molecular formula is C14H19N3O3. The van der Waals surface area contributed by atoms with E-state index in [1.165, 1.54) is 0 Å². The van der Waals surface area contributed by atoms with Crippen LogP contribution in [0.2, 0.25) is 0 Å². The molecular weight excluding hydrogens is 258 g/mol. The lowest BCUT2D eigenvalue weighted by Crippen LogP contribution is -2.42. The Labute approximate surface area is 117 Å². The summed E-state index contributed by atoms with van der Waals surface area (Å²) in [7, 11) is 1.64. The fourth-order valence-corrected chi connectivity index (χ4v) is 2.34. The van der Waals surface area contributed by atoms with E-state index in [1.807, 2.05) is 0 Å². The fraction of sp³-hybridized carbons (Fsp3) is 0.429. The number of carbonyl (C=O) groups excluding carboxylic acids is 1. The normalized spacial score (nSPS) is 17.4. The van der Waals surface area contributed by atoms with Crippen LogP contribution in [0.15, 0.2) is 29.4 Å². The smallest absolute Gasteiger partial charge is 0.227 e. The van der Waals surface area contributed by atoms with Crippen LogP contribution in [0.1, 0.15) is 31.2 Å². The minimum absolute atomic E-state index is 0.00783. The quantitative estimate of drug-likeness (QED) is 0.330. The number of carbonyl (C=O) groups is 1. The van der Waals surface area contributed by atoms with E-state index in [0.717, 1.165) is 19.3 Å². The maximum Gasteiger partial charge on any atom is 0.227 e. The third kappa shape index (κ3) is 3.08. The van der Waals surface area contributed by atoms with Gasteiger partial charge in [-0.15, -0.1) is 0 Å². The molecule has 0 unspecified atom stereocenters. The largest absolute Gasteiger partial charge is 0.409 e. The molecule has 0 bridgehead atoms. The van der Waals surface area contributed by atoms with Crippen molar-refractivity contribution in [3.8, 4) is 0 Å². The number of oxime groups is 1. The third-order valence-electron chi connectivity index (χ3n) is 3.73. The summed E-state index contributed by atoms with van der Waals surface area (Å²) in [4.78, 5) is 12.0. The standard InChI is InChI=1S/C14H19N3O3/c1-20-14(6-3-7-14)9-12(18)16-11-5-2-4-10(8-11)13(15)17-19/h2,4-5,8,19H,3,6-7,9H2,1H3,(H2,15,17)(H,16,18). The second-order valence-electron chi connectivity index (χ2n) is 5.03. The van der Waals surface area contributed by atoms with E-state index < -0.39 is 0 Å². The van der Waals surface area contributed by atoms with Crippen molar-refractivity contribution in [2.75, 3.05) is 12.4 Å². The highest BCUT2D eigenvalue weighted by Gasteiger charge is 2.38. The van der Waals surface area contributed by atoms with Crippen LogP contribution in [0, 0.1) is 0 Å². The molecule has 0 radical (unpaired) electrons. The highest BCUT2D eigenvalue weighted by molar-refractivity contribution is 5.99. The first kappa shape index (κ1) is 14.3. The van der Waals surface area contributed by atoms with Crippen molar-refractivity contribution in [2.45, 2.75) is 31.3 Å². The third-order valence-corrected chi connectivity index (χ3v) is 3.73. The van der Waals surface area contributed by atoms with E-state index >= 15 is 0 Å². The van der Waals surface area contributed by atoms with E-state index in [4.69, 9.17) is 15.7 Å². The van der Waals surface area contributed by atoms with Crippen LogP contribution in [0.4, 0.5) is 5.69 Å². The van der Waals surface area contributed by atoms with Crippen LogP contribution in [-0.2, 0) is 9.53 Å². The average Bonchev–Trinajstić information content (AvgIpc) is 2.42. The predicted molar refractivity (Wildman–Crippen MR) is 75.8 cm³/mol. The molecule has 1 amide bonds. The van der Waals surface area contributed by atoms with Crippen molar-refractivity contribution in [1.29, 1.82) is 0 Å². The Hall–Kier alpha value is -2.08. The van der Waals surface area contributed by atoms with Crippen LogP contribution >= 0.6 is 0 Å². The van der Waals surface area contributed by atoms with Gasteiger partial charge in [0.05, 0.1) is 12.0 Å². The number of amidine groups is 1. The van der Waals surface area contributed by atoms with Crippen molar-refractivity contribution in [3.05, 3.63) is 29.8 Å². The molecule has 0 saturated heterocycles. The molecule has 6 nitrogen and oxygen atoms in total. The summed E-state index contributed by atoms with van der Waals surface area (Å²) in [5, 5.41) is 14.4. The van der Waals surface area contributed by atoms with Crippen molar-refractivity contribution >= 4 is 17.4 Å². The lowest BCUT2D eigenvalue weighted by Gasteiger charge is -2.39. The van der Waals surface area contributed by atoms with Gasteiger partial charge >= 0.3 is 0 Å². The number of ether oxygens (including phenoxy) is 1. The first-order valence-electron chi connectivity index (χ1n) is 6.51.